The van der Waals surface area contributed by atoms with Gasteiger partial charge in [-0.3, -0.25) is 9.59 Å². The van der Waals surface area contributed by atoms with Crippen LogP contribution in [0, 0.1) is 5.92 Å². The Morgan fingerprint density at radius 2 is 1.95 bits per heavy atom. The smallest absolute Gasteiger partial charge is 0.245 e. The summed E-state index contributed by atoms with van der Waals surface area (Å²) in [6.07, 6.45) is 1.24. The number of ether oxygens (including phenoxy) is 1. The van der Waals surface area contributed by atoms with E-state index in [1.807, 2.05) is 27.7 Å². The number of carbonyl (C=O) groups excluding carboxylic acids is 2. The molecule has 1 rings (SSSR count). The molecule has 0 aromatic rings. The molecule has 0 saturated carbocycles. The number of carbonyl (C=O) groups is 2. The van der Waals surface area contributed by atoms with Crippen molar-refractivity contribution in [3.05, 3.63) is 0 Å². The van der Waals surface area contributed by atoms with Crippen molar-refractivity contribution in [2.75, 3.05) is 13.7 Å². The van der Waals surface area contributed by atoms with E-state index in [4.69, 9.17) is 4.74 Å². The van der Waals surface area contributed by atoms with Gasteiger partial charge in [-0.15, -0.1) is 0 Å². The average Bonchev–Trinajstić information content (AvgIpc) is 2.34. The number of hydrogen-bond acceptors (Lipinski definition) is 3. The molecule has 0 spiro atoms. The molecule has 0 aliphatic carbocycles. The minimum Gasteiger partial charge on any atom is -0.380 e. The van der Waals surface area contributed by atoms with Crippen LogP contribution >= 0.6 is 0 Å². The van der Waals surface area contributed by atoms with Crippen LogP contribution < -0.4 is 5.32 Å². The van der Waals surface area contributed by atoms with Crippen molar-refractivity contribution in [3.63, 3.8) is 0 Å². The molecule has 1 N–H and O–H groups in total. The van der Waals surface area contributed by atoms with E-state index < -0.39 is 0 Å². The quantitative estimate of drug-likeness (QED) is 0.788. The first-order chi connectivity index (χ1) is 8.90. The molecule has 1 heterocycles. The van der Waals surface area contributed by atoms with E-state index in [0.717, 1.165) is 0 Å². The number of piperazine rings is 1. The highest BCUT2D eigenvalue weighted by Crippen LogP contribution is 2.18. The van der Waals surface area contributed by atoms with Crippen LogP contribution in [0.4, 0.5) is 0 Å². The Labute approximate surface area is 115 Å². The van der Waals surface area contributed by atoms with Crippen molar-refractivity contribution >= 4 is 11.8 Å². The average molecular weight is 270 g/mol. The SMILES string of the molecule is CCC1C(=O)NC(CC(C)C)C(=O)N1CC(C)OC. The van der Waals surface area contributed by atoms with Gasteiger partial charge in [0.05, 0.1) is 6.10 Å². The molecule has 0 radical (unpaired) electrons. The second-order valence-electron chi connectivity index (χ2n) is 5.65. The van der Waals surface area contributed by atoms with Crippen LogP contribution in [0.2, 0.25) is 0 Å². The molecule has 1 saturated heterocycles. The summed E-state index contributed by atoms with van der Waals surface area (Å²) in [5, 5.41) is 2.85. The number of amides is 2. The van der Waals surface area contributed by atoms with Crippen molar-refractivity contribution in [1.82, 2.24) is 10.2 Å². The van der Waals surface area contributed by atoms with Gasteiger partial charge >= 0.3 is 0 Å². The van der Waals surface area contributed by atoms with Crippen molar-refractivity contribution in [1.29, 1.82) is 0 Å². The highest BCUT2D eigenvalue weighted by molar-refractivity contribution is 5.96. The molecule has 5 nitrogen and oxygen atoms in total. The Morgan fingerprint density at radius 3 is 2.42 bits per heavy atom. The summed E-state index contributed by atoms with van der Waals surface area (Å²) in [7, 11) is 1.62. The molecular formula is C14H26N2O3. The summed E-state index contributed by atoms with van der Waals surface area (Å²) in [6, 6.07) is -0.757. The zero-order valence-electron chi connectivity index (χ0n) is 12.6. The third-order valence-corrected chi connectivity index (χ3v) is 3.53. The second kappa shape index (κ2) is 6.89. The standard InChI is InChI=1S/C14H26N2O3/c1-6-12-13(17)15-11(7-9(2)3)14(18)16(12)8-10(4)19-5/h9-12H,6-8H2,1-5H3,(H,15,17). The number of nitrogens with zero attached hydrogens (tertiary/aromatic N) is 1. The third-order valence-electron chi connectivity index (χ3n) is 3.53. The molecule has 0 bridgehead atoms. The topological polar surface area (TPSA) is 58.6 Å². The molecule has 1 aliphatic heterocycles. The molecule has 1 fully saturated rings. The van der Waals surface area contributed by atoms with Crippen molar-refractivity contribution in [2.24, 2.45) is 5.92 Å². The second-order valence-corrected chi connectivity index (χ2v) is 5.65. The van der Waals surface area contributed by atoms with E-state index in [0.29, 0.717) is 25.3 Å². The fourth-order valence-electron chi connectivity index (χ4n) is 2.43. The lowest BCUT2D eigenvalue weighted by Crippen LogP contribution is -2.64. The fourth-order valence-corrected chi connectivity index (χ4v) is 2.43. The summed E-state index contributed by atoms with van der Waals surface area (Å²) in [6.45, 7) is 8.39. The molecule has 3 unspecified atom stereocenters. The molecule has 5 heteroatoms. The third kappa shape index (κ3) is 3.93. The van der Waals surface area contributed by atoms with Gasteiger partial charge < -0.3 is 15.0 Å². The van der Waals surface area contributed by atoms with Crippen LogP contribution in [0.1, 0.15) is 40.5 Å². The lowest BCUT2D eigenvalue weighted by atomic mass is 9.97. The van der Waals surface area contributed by atoms with Gasteiger partial charge in [0, 0.05) is 13.7 Å². The largest absolute Gasteiger partial charge is 0.380 e. The number of rotatable bonds is 6. The van der Waals surface area contributed by atoms with E-state index in [9.17, 15) is 9.59 Å². The Hall–Kier alpha value is -1.10. The first-order valence-corrected chi connectivity index (χ1v) is 7.04. The first-order valence-electron chi connectivity index (χ1n) is 7.04. The van der Waals surface area contributed by atoms with Gasteiger partial charge in [0.15, 0.2) is 0 Å². The monoisotopic (exact) mass is 270 g/mol. The van der Waals surface area contributed by atoms with Gasteiger partial charge in [0.25, 0.3) is 0 Å². The summed E-state index contributed by atoms with van der Waals surface area (Å²) < 4.78 is 5.22. The van der Waals surface area contributed by atoms with Gasteiger partial charge in [0.1, 0.15) is 12.1 Å². The molecule has 0 aromatic carbocycles. The van der Waals surface area contributed by atoms with E-state index >= 15 is 0 Å². The summed E-state index contributed by atoms with van der Waals surface area (Å²) in [5.41, 5.74) is 0. The van der Waals surface area contributed by atoms with Crippen molar-refractivity contribution in [2.45, 2.75) is 58.7 Å². The van der Waals surface area contributed by atoms with Gasteiger partial charge in [-0.2, -0.15) is 0 Å². The number of methoxy groups -OCH3 is 1. The van der Waals surface area contributed by atoms with Crippen LogP contribution in [0.5, 0.6) is 0 Å². The lowest BCUT2D eigenvalue weighted by Gasteiger charge is -2.40. The molecule has 1 aliphatic rings. The predicted octanol–water partition coefficient (Wildman–Crippen LogP) is 1.17. The minimum atomic E-state index is -0.389. The Balaban J connectivity index is 2.86. The van der Waals surface area contributed by atoms with Crippen molar-refractivity contribution in [3.8, 4) is 0 Å². The predicted molar refractivity (Wildman–Crippen MR) is 73.6 cm³/mol. The zero-order valence-corrected chi connectivity index (χ0v) is 12.6. The maximum absolute atomic E-state index is 12.5. The van der Waals surface area contributed by atoms with Crippen LogP contribution in [-0.4, -0.2) is 48.6 Å². The van der Waals surface area contributed by atoms with Crippen LogP contribution in [-0.2, 0) is 14.3 Å². The number of hydrogen-bond donors (Lipinski definition) is 1. The normalized spacial score (nSPS) is 25.7. The van der Waals surface area contributed by atoms with Gasteiger partial charge in [-0.25, -0.2) is 0 Å². The van der Waals surface area contributed by atoms with Gasteiger partial charge in [0.2, 0.25) is 11.8 Å². The molecular weight excluding hydrogens is 244 g/mol. The molecule has 2 amide bonds. The van der Waals surface area contributed by atoms with Crippen LogP contribution in [0.3, 0.4) is 0 Å². The minimum absolute atomic E-state index is 0.0176. The fraction of sp³-hybridized carbons (Fsp3) is 0.857. The van der Waals surface area contributed by atoms with Crippen LogP contribution in [0.15, 0.2) is 0 Å². The molecule has 0 aromatic heterocycles. The van der Waals surface area contributed by atoms with E-state index in [1.165, 1.54) is 0 Å². The maximum atomic E-state index is 12.5. The lowest BCUT2D eigenvalue weighted by molar-refractivity contribution is -0.151. The molecule has 110 valence electrons. The van der Waals surface area contributed by atoms with Crippen LogP contribution in [0.25, 0.3) is 0 Å². The van der Waals surface area contributed by atoms with E-state index in [2.05, 4.69) is 5.32 Å². The Bertz CT molecular complexity index is 331. The Kier molecular flexibility index (Phi) is 5.79. The molecule has 19 heavy (non-hydrogen) atoms. The van der Waals surface area contributed by atoms with Crippen molar-refractivity contribution < 1.29 is 14.3 Å². The number of nitrogens with one attached hydrogen (secondary N) is 1. The van der Waals surface area contributed by atoms with Gasteiger partial charge in [-0.05, 0) is 25.7 Å². The first kappa shape index (κ1) is 16.0. The summed E-state index contributed by atoms with van der Waals surface area (Å²) in [4.78, 5) is 26.3. The summed E-state index contributed by atoms with van der Waals surface area (Å²) in [5.74, 6) is 0.342. The van der Waals surface area contributed by atoms with Gasteiger partial charge in [-0.1, -0.05) is 20.8 Å². The zero-order chi connectivity index (χ0) is 14.6. The van der Waals surface area contributed by atoms with E-state index in [-0.39, 0.29) is 30.0 Å². The highest BCUT2D eigenvalue weighted by atomic mass is 16.5. The maximum Gasteiger partial charge on any atom is 0.245 e. The van der Waals surface area contributed by atoms with E-state index in [1.54, 1.807) is 12.0 Å². The molecule has 3 atom stereocenters. The summed E-state index contributed by atoms with van der Waals surface area (Å²) >= 11 is 0. The highest BCUT2D eigenvalue weighted by Gasteiger charge is 2.39. The Morgan fingerprint density at radius 1 is 1.32 bits per heavy atom.